The van der Waals surface area contributed by atoms with Crippen LogP contribution in [0.2, 0.25) is 0 Å². The zero-order chi connectivity index (χ0) is 13.5. The molecule has 0 radical (unpaired) electrons. The van der Waals surface area contributed by atoms with E-state index < -0.39 is 6.09 Å². The molecule has 6 nitrogen and oxygen atoms in total. The predicted octanol–water partition coefficient (Wildman–Crippen LogP) is 1.69. The van der Waals surface area contributed by atoms with Crippen LogP contribution in [0.5, 0.6) is 11.6 Å². The van der Waals surface area contributed by atoms with Crippen LogP contribution in [0, 0.1) is 0 Å². The van der Waals surface area contributed by atoms with Gasteiger partial charge in [-0.25, -0.2) is 9.78 Å². The molecule has 1 rings (SSSR count). The van der Waals surface area contributed by atoms with Crippen LogP contribution >= 0.6 is 0 Å². The zero-order valence-corrected chi connectivity index (χ0v) is 10.8. The number of aromatic nitrogens is 1. The number of nitrogens with one attached hydrogen (secondary N) is 1. The number of pyridine rings is 1. The molecule has 1 unspecified atom stereocenters. The van der Waals surface area contributed by atoms with Crippen molar-refractivity contribution in [2.24, 2.45) is 0 Å². The average molecular weight is 254 g/mol. The van der Waals surface area contributed by atoms with Crippen LogP contribution in [-0.2, 0) is 6.42 Å². The first kappa shape index (κ1) is 14.1. The highest BCUT2D eigenvalue weighted by molar-refractivity contribution is 5.64. The number of ether oxygens (including phenoxy) is 2. The highest BCUT2D eigenvalue weighted by Gasteiger charge is 2.15. The molecular formula is C12H18N2O4. The van der Waals surface area contributed by atoms with Crippen molar-refractivity contribution >= 4 is 6.09 Å². The summed E-state index contributed by atoms with van der Waals surface area (Å²) < 4.78 is 10.2. The van der Waals surface area contributed by atoms with Crippen LogP contribution in [0.1, 0.15) is 19.0 Å². The lowest BCUT2D eigenvalue weighted by atomic mass is 10.1. The minimum absolute atomic E-state index is 0.198. The Balaban J connectivity index is 2.88. The van der Waals surface area contributed by atoms with Crippen LogP contribution in [-0.4, -0.2) is 36.4 Å². The third kappa shape index (κ3) is 3.80. The van der Waals surface area contributed by atoms with Crippen molar-refractivity contribution < 1.29 is 19.4 Å². The highest BCUT2D eigenvalue weighted by Crippen LogP contribution is 2.21. The van der Waals surface area contributed by atoms with E-state index in [4.69, 9.17) is 14.6 Å². The van der Waals surface area contributed by atoms with Gasteiger partial charge in [-0.05, 0) is 12.5 Å². The summed E-state index contributed by atoms with van der Waals surface area (Å²) in [5.41, 5.74) is 0.678. The molecule has 0 fully saturated rings. The smallest absolute Gasteiger partial charge is 0.404 e. The Labute approximate surface area is 106 Å². The highest BCUT2D eigenvalue weighted by atomic mass is 16.5. The van der Waals surface area contributed by atoms with Crippen molar-refractivity contribution in [2.45, 2.75) is 25.8 Å². The summed E-state index contributed by atoms with van der Waals surface area (Å²) in [5.74, 6) is 1.11. The van der Waals surface area contributed by atoms with Crippen molar-refractivity contribution in [1.82, 2.24) is 10.3 Å². The number of carbonyl (C=O) groups is 1. The number of rotatable bonds is 6. The van der Waals surface area contributed by atoms with E-state index in [-0.39, 0.29) is 6.04 Å². The van der Waals surface area contributed by atoms with Gasteiger partial charge < -0.3 is 19.9 Å². The Kier molecular flexibility index (Phi) is 5.23. The van der Waals surface area contributed by atoms with Crippen LogP contribution in [0.25, 0.3) is 0 Å². The second-order valence-corrected chi connectivity index (χ2v) is 3.76. The largest absolute Gasteiger partial charge is 0.495 e. The Bertz CT molecular complexity index is 409. The van der Waals surface area contributed by atoms with E-state index in [1.807, 2.05) is 6.92 Å². The normalized spacial score (nSPS) is 11.7. The Hall–Kier alpha value is -1.98. The number of hydrogen-bond acceptors (Lipinski definition) is 4. The molecule has 6 heteroatoms. The van der Waals surface area contributed by atoms with E-state index in [9.17, 15) is 4.79 Å². The molecule has 0 saturated carbocycles. The Morgan fingerprint density at radius 1 is 1.44 bits per heavy atom. The van der Waals surface area contributed by atoms with Gasteiger partial charge in [0.15, 0.2) is 0 Å². The van der Waals surface area contributed by atoms with Gasteiger partial charge in [-0.2, -0.15) is 0 Å². The predicted molar refractivity (Wildman–Crippen MR) is 66.3 cm³/mol. The van der Waals surface area contributed by atoms with Gasteiger partial charge in [0.05, 0.1) is 19.9 Å². The standard InChI is InChI=1S/C12H18N2O4/c1-4-8(13-12(15)16)7-9-10(17-2)5-6-11(14-9)18-3/h5-6,8,13H,4,7H2,1-3H3,(H,15,16). The molecule has 0 aliphatic rings. The first-order valence-corrected chi connectivity index (χ1v) is 5.68. The lowest BCUT2D eigenvalue weighted by Gasteiger charge is -2.16. The molecule has 1 atom stereocenters. The van der Waals surface area contributed by atoms with Crippen molar-refractivity contribution in [3.8, 4) is 11.6 Å². The number of amides is 1. The van der Waals surface area contributed by atoms with Crippen molar-refractivity contribution in [3.63, 3.8) is 0 Å². The quantitative estimate of drug-likeness (QED) is 0.807. The fourth-order valence-corrected chi connectivity index (χ4v) is 1.62. The fourth-order valence-electron chi connectivity index (χ4n) is 1.62. The second kappa shape index (κ2) is 6.68. The van der Waals surface area contributed by atoms with Gasteiger partial charge in [0.1, 0.15) is 5.75 Å². The minimum Gasteiger partial charge on any atom is -0.495 e. The summed E-state index contributed by atoms with van der Waals surface area (Å²) in [6, 6.07) is 3.26. The third-order valence-corrected chi connectivity index (χ3v) is 2.60. The molecule has 1 heterocycles. The fraction of sp³-hybridized carbons (Fsp3) is 0.500. The maximum Gasteiger partial charge on any atom is 0.404 e. The average Bonchev–Trinajstić information content (AvgIpc) is 2.37. The van der Waals surface area contributed by atoms with E-state index >= 15 is 0 Å². The van der Waals surface area contributed by atoms with Gasteiger partial charge in [0.2, 0.25) is 5.88 Å². The van der Waals surface area contributed by atoms with Gasteiger partial charge in [-0.3, -0.25) is 0 Å². The molecule has 18 heavy (non-hydrogen) atoms. The topological polar surface area (TPSA) is 80.7 Å². The lowest BCUT2D eigenvalue weighted by Crippen LogP contribution is -2.35. The molecule has 100 valence electrons. The molecule has 0 aliphatic carbocycles. The van der Waals surface area contributed by atoms with Gasteiger partial charge in [-0.1, -0.05) is 6.92 Å². The molecule has 1 aromatic rings. The molecule has 0 saturated heterocycles. The van der Waals surface area contributed by atoms with Gasteiger partial charge >= 0.3 is 6.09 Å². The Morgan fingerprint density at radius 3 is 2.67 bits per heavy atom. The van der Waals surface area contributed by atoms with E-state index in [1.165, 1.54) is 7.11 Å². The van der Waals surface area contributed by atoms with Crippen LogP contribution in [0.4, 0.5) is 4.79 Å². The zero-order valence-electron chi connectivity index (χ0n) is 10.8. The monoisotopic (exact) mass is 254 g/mol. The molecule has 1 amide bonds. The molecule has 1 aromatic heterocycles. The maximum atomic E-state index is 10.6. The summed E-state index contributed by atoms with van der Waals surface area (Å²) in [6.07, 6.45) is 0.0982. The van der Waals surface area contributed by atoms with Gasteiger partial charge in [0, 0.05) is 18.5 Å². The number of hydrogen-bond donors (Lipinski definition) is 2. The summed E-state index contributed by atoms with van der Waals surface area (Å²) in [4.78, 5) is 14.9. The number of carboxylic acid groups (broad SMARTS) is 1. The summed E-state index contributed by atoms with van der Waals surface area (Å²) in [7, 11) is 3.09. The molecular weight excluding hydrogens is 236 g/mol. The van der Waals surface area contributed by atoms with Crippen LogP contribution < -0.4 is 14.8 Å². The van der Waals surface area contributed by atoms with Crippen molar-refractivity contribution in [3.05, 3.63) is 17.8 Å². The molecule has 0 spiro atoms. The number of nitrogens with zero attached hydrogens (tertiary/aromatic N) is 1. The van der Waals surface area contributed by atoms with Crippen LogP contribution in [0.3, 0.4) is 0 Å². The number of methoxy groups -OCH3 is 2. The summed E-state index contributed by atoms with van der Waals surface area (Å²) >= 11 is 0. The molecule has 0 bridgehead atoms. The lowest BCUT2D eigenvalue weighted by molar-refractivity contribution is 0.189. The molecule has 2 N–H and O–H groups in total. The van der Waals surface area contributed by atoms with Gasteiger partial charge in [0.25, 0.3) is 0 Å². The third-order valence-electron chi connectivity index (χ3n) is 2.60. The van der Waals surface area contributed by atoms with Crippen LogP contribution in [0.15, 0.2) is 12.1 Å². The second-order valence-electron chi connectivity index (χ2n) is 3.76. The van der Waals surface area contributed by atoms with Crippen molar-refractivity contribution in [2.75, 3.05) is 14.2 Å². The summed E-state index contributed by atoms with van der Waals surface area (Å²) in [6.45, 7) is 1.91. The van der Waals surface area contributed by atoms with E-state index in [2.05, 4.69) is 10.3 Å². The minimum atomic E-state index is -1.04. The Morgan fingerprint density at radius 2 is 2.17 bits per heavy atom. The van der Waals surface area contributed by atoms with Crippen molar-refractivity contribution in [1.29, 1.82) is 0 Å². The maximum absolute atomic E-state index is 10.6. The molecule has 0 aromatic carbocycles. The first-order chi connectivity index (χ1) is 8.60. The van der Waals surface area contributed by atoms with Gasteiger partial charge in [-0.15, -0.1) is 0 Å². The molecule has 0 aliphatic heterocycles. The summed E-state index contributed by atoms with van der Waals surface area (Å²) in [5, 5.41) is 11.2. The van der Waals surface area contributed by atoms with E-state index in [0.717, 1.165) is 0 Å². The first-order valence-electron chi connectivity index (χ1n) is 5.68. The van der Waals surface area contributed by atoms with E-state index in [1.54, 1.807) is 19.2 Å². The van der Waals surface area contributed by atoms with E-state index in [0.29, 0.717) is 30.2 Å². The SMILES string of the molecule is CCC(Cc1nc(OC)ccc1OC)NC(=O)O.